The van der Waals surface area contributed by atoms with Crippen LogP contribution in [-0.4, -0.2) is 35.6 Å². The predicted octanol–water partition coefficient (Wildman–Crippen LogP) is 5.79. The van der Waals surface area contributed by atoms with Crippen molar-refractivity contribution in [2.45, 2.75) is 30.7 Å². The Hall–Kier alpha value is -2.88. The van der Waals surface area contributed by atoms with E-state index in [1.54, 1.807) is 0 Å². The van der Waals surface area contributed by atoms with Gasteiger partial charge in [-0.2, -0.15) is 13.2 Å². The molecular formula is C26H23BrF3NO4. The summed E-state index contributed by atoms with van der Waals surface area (Å²) in [6.45, 7) is 0.0195. The van der Waals surface area contributed by atoms with Gasteiger partial charge in [-0.15, -0.1) is 0 Å². The SMILES string of the molecule is O=C(NCCC(O)C(O)c1ccc(Br)cc1C(F)(F)F)OCC1c2ccccc2-c2ccccc21. The number of rotatable bonds is 7. The molecule has 1 aliphatic carbocycles. The van der Waals surface area contributed by atoms with Crippen LogP contribution >= 0.6 is 15.9 Å². The predicted molar refractivity (Wildman–Crippen MR) is 128 cm³/mol. The van der Waals surface area contributed by atoms with E-state index in [9.17, 15) is 28.2 Å². The van der Waals surface area contributed by atoms with E-state index in [4.69, 9.17) is 4.74 Å². The number of carbonyl (C=O) groups excluding carboxylic acids is 1. The summed E-state index contributed by atoms with van der Waals surface area (Å²) >= 11 is 2.98. The normalized spacial score (nSPS) is 14.7. The number of halogens is 4. The summed E-state index contributed by atoms with van der Waals surface area (Å²) in [6.07, 6.45) is -8.87. The Labute approximate surface area is 208 Å². The third-order valence-corrected chi connectivity index (χ3v) is 6.55. The number of aliphatic hydroxyl groups excluding tert-OH is 2. The Balaban J connectivity index is 1.31. The van der Waals surface area contributed by atoms with Gasteiger partial charge in [0.25, 0.3) is 0 Å². The maximum absolute atomic E-state index is 13.3. The van der Waals surface area contributed by atoms with E-state index in [1.807, 2.05) is 48.5 Å². The van der Waals surface area contributed by atoms with E-state index in [0.29, 0.717) is 0 Å². The van der Waals surface area contributed by atoms with Crippen LogP contribution in [0.3, 0.4) is 0 Å². The standard InChI is InChI=1S/C26H23BrF3NO4/c27-15-9-10-20(22(13-15)26(28,29)30)24(33)23(32)11-12-31-25(34)35-14-21-18-7-3-1-5-16(18)17-6-2-4-8-19(17)21/h1-10,13,21,23-24,32-33H,11-12,14H2,(H,31,34). The monoisotopic (exact) mass is 549 g/mol. The van der Waals surface area contributed by atoms with Crippen molar-refractivity contribution in [3.05, 3.63) is 93.5 Å². The van der Waals surface area contributed by atoms with Gasteiger partial charge in [-0.1, -0.05) is 70.5 Å². The highest BCUT2D eigenvalue weighted by atomic mass is 79.9. The Morgan fingerprint density at radius 1 is 1.00 bits per heavy atom. The number of aliphatic hydroxyl groups is 2. The maximum Gasteiger partial charge on any atom is 0.416 e. The summed E-state index contributed by atoms with van der Waals surface area (Å²) in [4.78, 5) is 12.2. The molecule has 35 heavy (non-hydrogen) atoms. The fraction of sp³-hybridized carbons (Fsp3) is 0.269. The molecule has 0 aliphatic heterocycles. The lowest BCUT2D eigenvalue weighted by Crippen LogP contribution is -2.31. The van der Waals surface area contributed by atoms with E-state index in [1.165, 1.54) is 6.07 Å². The third-order valence-electron chi connectivity index (χ3n) is 6.06. The van der Waals surface area contributed by atoms with Crippen LogP contribution in [0.15, 0.2) is 71.2 Å². The number of nitrogens with one attached hydrogen (secondary N) is 1. The molecule has 0 radical (unpaired) electrons. The second-order valence-corrected chi connectivity index (χ2v) is 9.20. The minimum absolute atomic E-state index is 0.0905. The lowest BCUT2D eigenvalue weighted by atomic mass is 9.97. The summed E-state index contributed by atoms with van der Waals surface area (Å²) in [5.41, 5.74) is 2.85. The number of benzene rings is 3. The van der Waals surface area contributed by atoms with Crippen LogP contribution in [-0.2, 0) is 10.9 Å². The minimum Gasteiger partial charge on any atom is -0.449 e. The van der Waals surface area contributed by atoms with Crippen molar-refractivity contribution < 1.29 is 32.9 Å². The molecule has 184 valence electrons. The molecule has 3 N–H and O–H groups in total. The van der Waals surface area contributed by atoms with Gasteiger partial charge in [0, 0.05) is 16.9 Å². The molecule has 0 heterocycles. The average Bonchev–Trinajstić information content (AvgIpc) is 3.15. The summed E-state index contributed by atoms with van der Waals surface area (Å²) in [6, 6.07) is 19.1. The van der Waals surface area contributed by atoms with Gasteiger partial charge in [-0.05, 0) is 46.4 Å². The quantitative estimate of drug-likeness (QED) is 0.348. The van der Waals surface area contributed by atoms with Gasteiger partial charge in [0.2, 0.25) is 0 Å². The lowest BCUT2D eigenvalue weighted by molar-refractivity contribution is -0.140. The zero-order valence-corrected chi connectivity index (χ0v) is 20.0. The van der Waals surface area contributed by atoms with Gasteiger partial charge in [0.05, 0.1) is 11.7 Å². The van der Waals surface area contributed by atoms with Crippen molar-refractivity contribution in [3.8, 4) is 11.1 Å². The zero-order valence-electron chi connectivity index (χ0n) is 18.4. The largest absolute Gasteiger partial charge is 0.449 e. The highest BCUT2D eigenvalue weighted by Crippen LogP contribution is 2.44. The van der Waals surface area contributed by atoms with Crippen molar-refractivity contribution in [2.24, 2.45) is 0 Å². The number of hydrogen-bond acceptors (Lipinski definition) is 4. The fourth-order valence-corrected chi connectivity index (χ4v) is 4.73. The molecule has 1 amide bonds. The highest BCUT2D eigenvalue weighted by molar-refractivity contribution is 9.10. The third kappa shape index (κ3) is 5.52. The first-order valence-electron chi connectivity index (χ1n) is 11.0. The second-order valence-electron chi connectivity index (χ2n) is 8.28. The molecule has 0 bridgehead atoms. The molecule has 2 atom stereocenters. The molecule has 0 saturated heterocycles. The van der Waals surface area contributed by atoms with Crippen LogP contribution < -0.4 is 5.32 Å². The van der Waals surface area contributed by atoms with Crippen LogP contribution in [0.1, 0.15) is 40.7 Å². The van der Waals surface area contributed by atoms with Gasteiger partial charge < -0.3 is 20.3 Å². The Morgan fingerprint density at radius 3 is 2.20 bits per heavy atom. The van der Waals surface area contributed by atoms with Crippen molar-refractivity contribution in [2.75, 3.05) is 13.2 Å². The smallest absolute Gasteiger partial charge is 0.416 e. The van der Waals surface area contributed by atoms with E-state index in [0.717, 1.165) is 34.4 Å². The van der Waals surface area contributed by atoms with Gasteiger partial charge in [-0.25, -0.2) is 4.79 Å². The molecule has 2 unspecified atom stereocenters. The minimum atomic E-state index is -4.70. The topological polar surface area (TPSA) is 78.8 Å². The van der Waals surface area contributed by atoms with Crippen LogP contribution in [0.4, 0.5) is 18.0 Å². The molecule has 3 aromatic carbocycles. The number of carbonyl (C=O) groups is 1. The first-order chi connectivity index (χ1) is 16.7. The Kier molecular flexibility index (Phi) is 7.49. The molecular weight excluding hydrogens is 527 g/mol. The molecule has 0 fully saturated rings. The molecule has 4 rings (SSSR count). The zero-order chi connectivity index (χ0) is 25.2. The van der Waals surface area contributed by atoms with Gasteiger partial charge in [0.1, 0.15) is 12.7 Å². The van der Waals surface area contributed by atoms with E-state index in [2.05, 4.69) is 21.2 Å². The maximum atomic E-state index is 13.3. The van der Waals surface area contributed by atoms with Crippen molar-refractivity contribution in [3.63, 3.8) is 0 Å². The highest BCUT2D eigenvalue weighted by Gasteiger charge is 2.36. The summed E-state index contributed by atoms with van der Waals surface area (Å²) < 4.78 is 45.6. The Bertz CT molecular complexity index is 1170. The molecule has 9 heteroatoms. The lowest BCUT2D eigenvalue weighted by Gasteiger charge is -2.22. The van der Waals surface area contributed by atoms with E-state index in [-0.39, 0.29) is 30.0 Å². The molecule has 3 aromatic rings. The van der Waals surface area contributed by atoms with Crippen molar-refractivity contribution in [1.29, 1.82) is 0 Å². The Morgan fingerprint density at radius 2 is 1.60 bits per heavy atom. The fourth-order valence-electron chi connectivity index (χ4n) is 4.37. The van der Waals surface area contributed by atoms with Crippen LogP contribution in [0.25, 0.3) is 11.1 Å². The number of alkyl halides is 3. The van der Waals surface area contributed by atoms with Gasteiger partial charge in [0.15, 0.2) is 0 Å². The number of fused-ring (bicyclic) bond motifs is 3. The molecule has 5 nitrogen and oxygen atoms in total. The summed E-state index contributed by atoms with van der Waals surface area (Å²) in [5, 5.41) is 23.0. The average molecular weight is 550 g/mol. The van der Waals surface area contributed by atoms with E-state index < -0.39 is 35.6 Å². The second kappa shape index (κ2) is 10.4. The molecule has 0 aromatic heterocycles. The van der Waals surface area contributed by atoms with Crippen LogP contribution in [0.2, 0.25) is 0 Å². The first-order valence-corrected chi connectivity index (χ1v) is 11.8. The number of hydrogen-bond donors (Lipinski definition) is 3. The van der Waals surface area contributed by atoms with Crippen LogP contribution in [0.5, 0.6) is 0 Å². The first kappa shape index (κ1) is 25.2. The van der Waals surface area contributed by atoms with Crippen molar-refractivity contribution >= 4 is 22.0 Å². The number of alkyl carbamates (subject to hydrolysis) is 1. The molecule has 0 saturated carbocycles. The number of ether oxygens (including phenoxy) is 1. The summed E-state index contributed by atoms with van der Waals surface area (Å²) in [7, 11) is 0. The van der Waals surface area contributed by atoms with Crippen LogP contribution in [0, 0.1) is 0 Å². The number of amides is 1. The molecule has 1 aliphatic rings. The molecule has 0 spiro atoms. The summed E-state index contributed by atoms with van der Waals surface area (Å²) in [5.74, 6) is -0.112. The van der Waals surface area contributed by atoms with E-state index >= 15 is 0 Å². The van der Waals surface area contributed by atoms with Gasteiger partial charge >= 0.3 is 12.3 Å². The van der Waals surface area contributed by atoms with Crippen molar-refractivity contribution in [1.82, 2.24) is 5.32 Å². The van der Waals surface area contributed by atoms with Gasteiger partial charge in [-0.3, -0.25) is 0 Å².